The molecule has 2 fully saturated rings. The van der Waals surface area contributed by atoms with Crippen molar-refractivity contribution in [3.8, 4) is 5.75 Å². The number of hydrogen-bond acceptors (Lipinski definition) is 5. The van der Waals surface area contributed by atoms with Gasteiger partial charge in [0.2, 0.25) is 17.4 Å². The van der Waals surface area contributed by atoms with E-state index in [-0.39, 0.29) is 24.5 Å². The van der Waals surface area contributed by atoms with E-state index in [1.165, 1.54) is 4.90 Å². The van der Waals surface area contributed by atoms with Gasteiger partial charge in [0, 0.05) is 13.0 Å². The molecule has 2 heterocycles. The second-order valence-electron chi connectivity index (χ2n) is 7.72. The third-order valence-electron chi connectivity index (χ3n) is 6.27. The molecule has 1 aromatic rings. The van der Waals surface area contributed by atoms with E-state index in [0.29, 0.717) is 18.7 Å². The number of rotatable bonds is 8. The van der Waals surface area contributed by atoms with Crippen LogP contribution in [0.15, 0.2) is 24.3 Å². The van der Waals surface area contributed by atoms with Gasteiger partial charge in [-0.15, -0.1) is 0 Å². The van der Waals surface area contributed by atoms with E-state index in [4.69, 9.17) is 9.47 Å². The topological polar surface area (TPSA) is 89.5 Å². The summed E-state index contributed by atoms with van der Waals surface area (Å²) in [6.45, 7) is 6.13. The Morgan fingerprint density at radius 2 is 1.90 bits per heavy atom. The van der Waals surface area contributed by atoms with Crippen LogP contribution in [0.2, 0.25) is 0 Å². The fourth-order valence-corrected chi connectivity index (χ4v) is 4.99. The number of imide groups is 1. The number of hydrogen-bond donors (Lipinski definition) is 1. The summed E-state index contributed by atoms with van der Waals surface area (Å²) in [5, 5.41) is 1.91. The van der Waals surface area contributed by atoms with Crippen LogP contribution in [0.5, 0.6) is 5.75 Å². The normalized spacial score (nSPS) is 28.6. The summed E-state index contributed by atoms with van der Waals surface area (Å²) in [5.41, 5.74) is -0.273. The Kier molecular flexibility index (Phi) is 6.27. The van der Waals surface area contributed by atoms with Crippen LogP contribution < -0.4 is 10.1 Å². The fourth-order valence-electron chi connectivity index (χ4n) is 4.99. The van der Waals surface area contributed by atoms with Crippen LogP contribution in [0.25, 0.3) is 0 Å². The zero-order valence-corrected chi connectivity index (χ0v) is 17.6. The highest BCUT2D eigenvalue weighted by atomic mass is 16.5. The molecule has 158 valence electrons. The van der Waals surface area contributed by atoms with E-state index >= 15 is 0 Å². The first-order valence-electron chi connectivity index (χ1n) is 10.5. The number of unbranched alkanes of at least 4 members (excludes halogenated alkanes) is 1. The van der Waals surface area contributed by atoms with E-state index in [1.54, 1.807) is 21.0 Å². The lowest BCUT2D eigenvalue weighted by Gasteiger charge is -2.29. The van der Waals surface area contributed by atoms with Crippen LogP contribution >= 0.6 is 0 Å². The number of nitrogens with two attached hydrogens (primary N) is 1. The Hall–Kier alpha value is -2.41. The van der Waals surface area contributed by atoms with Crippen LogP contribution in [-0.4, -0.2) is 48.5 Å². The first-order chi connectivity index (χ1) is 14.0. The molecule has 0 aromatic heterocycles. The van der Waals surface area contributed by atoms with Gasteiger partial charge in [0.25, 0.3) is 0 Å². The second-order valence-corrected chi connectivity index (χ2v) is 7.72. The second kappa shape index (κ2) is 8.53. The van der Waals surface area contributed by atoms with Gasteiger partial charge in [0.1, 0.15) is 23.6 Å². The number of amides is 2. The van der Waals surface area contributed by atoms with Crippen LogP contribution in [0, 0.1) is 11.8 Å². The molecule has 0 radical (unpaired) electrons. The molecule has 0 spiro atoms. The SMILES string of the molecule is CCCC[C@]1(C(=O)OCC)[NH2+][C@@H](c2ccccc2OC)[C@H]2C(=O)N(CC)C(=O)[C@H]21. The highest BCUT2D eigenvalue weighted by Gasteiger charge is 2.72. The monoisotopic (exact) mass is 403 g/mol. The van der Waals surface area contributed by atoms with Gasteiger partial charge < -0.3 is 14.8 Å². The maximum Gasteiger partial charge on any atom is 0.368 e. The van der Waals surface area contributed by atoms with E-state index < -0.39 is 23.3 Å². The van der Waals surface area contributed by atoms with E-state index in [2.05, 4.69) is 0 Å². The van der Waals surface area contributed by atoms with Crippen molar-refractivity contribution < 1.29 is 29.2 Å². The lowest BCUT2D eigenvalue weighted by atomic mass is 9.76. The molecule has 0 unspecified atom stereocenters. The van der Waals surface area contributed by atoms with Gasteiger partial charge >= 0.3 is 5.97 Å². The van der Waals surface area contributed by atoms with Gasteiger partial charge in [-0.3, -0.25) is 14.5 Å². The van der Waals surface area contributed by atoms with Gasteiger partial charge in [-0.05, 0) is 32.4 Å². The van der Waals surface area contributed by atoms with Crippen molar-refractivity contribution in [3.63, 3.8) is 0 Å². The fraction of sp³-hybridized carbons (Fsp3) is 0.591. The number of nitrogens with zero attached hydrogens (tertiary/aromatic N) is 1. The largest absolute Gasteiger partial charge is 0.496 e. The van der Waals surface area contributed by atoms with Gasteiger partial charge in [-0.2, -0.15) is 0 Å². The zero-order valence-electron chi connectivity index (χ0n) is 17.6. The Bertz CT molecular complexity index is 795. The highest BCUT2D eigenvalue weighted by molar-refractivity contribution is 6.08. The summed E-state index contributed by atoms with van der Waals surface area (Å²) in [5.74, 6) is -1.56. The highest BCUT2D eigenvalue weighted by Crippen LogP contribution is 2.47. The number of ether oxygens (including phenoxy) is 2. The van der Waals surface area contributed by atoms with Crippen molar-refractivity contribution in [2.24, 2.45) is 11.8 Å². The van der Waals surface area contributed by atoms with Crippen molar-refractivity contribution in [1.82, 2.24) is 4.90 Å². The quantitative estimate of drug-likeness (QED) is 0.524. The Morgan fingerprint density at radius 3 is 2.52 bits per heavy atom. The zero-order chi connectivity index (χ0) is 21.2. The molecule has 0 bridgehead atoms. The molecule has 2 aliphatic heterocycles. The van der Waals surface area contributed by atoms with Crippen molar-refractivity contribution in [3.05, 3.63) is 29.8 Å². The molecule has 2 amide bonds. The van der Waals surface area contributed by atoms with Crippen LogP contribution in [0.4, 0.5) is 0 Å². The molecule has 7 nitrogen and oxygen atoms in total. The number of carbonyl (C=O) groups excluding carboxylic acids is 3. The first-order valence-corrected chi connectivity index (χ1v) is 10.5. The Labute approximate surface area is 171 Å². The third kappa shape index (κ3) is 3.31. The Balaban J connectivity index is 2.16. The molecular weight excluding hydrogens is 372 g/mol. The summed E-state index contributed by atoms with van der Waals surface area (Å²) in [7, 11) is 1.58. The molecule has 1 aromatic carbocycles. The van der Waals surface area contributed by atoms with E-state index in [0.717, 1.165) is 18.4 Å². The molecule has 3 rings (SSSR count). The number of fused-ring (bicyclic) bond motifs is 1. The number of quaternary nitrogens is 1. The minimum absolute atomic E-state index is 0.211. The standard InChI is InChI=1S/C22H30N2O5/c1-5-8-13-22(21(27)29-7-3)17-16(19(25)24(6-2)20(17)26)18(23-22)14-11-9-10-12-15(14)28-4/h9-12,16-18,23H,5-8,13H2,1-4H3/p+1/t16-,17-,18-,22-/m0/s1. The minimum atomic E-state index is -1.10. The summed E-state index contributed by atoms with van der Waals surface area (Å²) in [6, 6.07) is 7.11. The first kappa shape index (κ1) is 21.3. The van der Waals surface area contributed by atoms with Gasteiger partial charge in [-0.25, -0.2) is 4.79 Å². The summed E-state index contributed by atoms with van der Waals surface area (Å²) in [4.78, 5) is 41.1. The van der Waals surface area contributed by atoms with E-state index in [1.807, 2.05) is 36.5 Å². The summed E-state index contributed by atoms with van der Waals surface area (Å²) in [6.07, 6.45) is 2.14. The number of para-hydroxylation sites is 1. The van der Waals surface area contributed by atoms with Gasteiger partial charge in [0.15, 0.2) is 0 Å². The molecule has 2 N–H and O–H groups in total. The number of benzene rings is 1. The van der Waals surface area contributed by atoms with Crippen molar-refractivity contribution in [2.75, 3.05) is 20.3 Å². The molecule has 29 heavy (non-hydrogen) atoms. The van der Waals surface area contributed by atoms with Gasteiger partial charge in [-0.1, -0.05) is 25.5 Å². The predicted molar refractivity (Wildman–Crippen MR) is 106 cm³/mol. The smallest absolute Gasteiger partial charge is 0.368 e. The van der Waals surface area contributed by atoms with Crippen LogP contribution in [-0.2, 0) is 19.1 Å². The Morgan fingerprint density at radius 1 is 1.17 bits per heavy atom. The molecule has 2 aliphatic rings. The number of carbonyl (C=O) groups is 3. The van der Waals surface area contributed by atoms with E-state index in [9.17, 15) is 14.4 Å². The van der Waals surface area contributed by atoms with Crippen LogP contribution in [0.1, 0.15) is 51.6 Å². The molecule has 0 saturated carbocycles. The predicted octanol–water partition coefficient (Wildman–Crippen LogP) is 1.43. The van der Waals surface area contributed by atoms with Crippen LogP contribution in [0.3, 0.4) is 0 Å². The summed E-state index contributed by atoms with van der Waals surface area (Å²) >= 11 is 0. The summed E-state index contributed by atoms with van der Waals surface area (Å²) < 4.78 is 11.0. The third-order valence-corrected chi connectivity index (χ3v) is 6.27. The average molecular weight is 403 g/mol. The van der Waals surface area contributed by atoms with Crippen molar-refractivity contribution >= 4 is 17.8 Å². The van der Waals surface area contributed by atoms with Crippen molar-refractivity contribution in [2.45, 2.75) is 51.6 Å². The molecule has 4 atom stereocenters. The number of esters is 1. The van der Waals surface area contributed by atoms with Gasteiger partial charge in [0.05, 0.1) is 19.3 Å². The maximum absolute atomic E-state index is 13.3. The minimum Gasteiger partial charge on any atom is -0.496 e. The maximum atomic E-state index is 13.3. The molecule has 2 saturated heterocycles. The molecular formula is C22H31N2O5+. The molecule has 7 heteroatoms. The van der Waals surface area contributed by atoms with Crippen molar-refractivity contribution in [1.29, 1.82) is 0 Å². The lowest BCUT2D eigenvalue weighted by molar-refractivity contribution is -0.735. The average Bonchev–Trinajstić information content (AvgIpc) is 3.20. The lowest BCUT2D eigenvalue weighted by Crippen LogP contribution is -2.98. The number of likely N-dealkylation sites (tertiary alicyclic amines) is 1. The number of methoxy groups -OCH3 is 1. The molecule has 0 aliphatic carbocycles.